The van der Waals surface area contributed by atoms with E-state index in [4.69, 9.17) is 45.2 Å². The van der Waals surface area contributed by atoms with Crippen LogP contribution in [0.2, 0.25) is 5.02 Å². The van der Waals surface area contributed by atoms with Gasteiger partial charge in [-0.1, -0.05) is 66.2 Å². The van der Waals surface area contributed by atoms with Crippen LogP contribution in [0.4, 0.5) is 0 Å². The van der Waals surface area contributed by atoms with Gasteiger partial charge in [-0.05, 0) is 42.3 Å². The highest BCUT2D eigenvalue weighted by Crippen LogP contribution is 2.64. The molecule has 5 heterocycles. The molecule has 59 heavy (non-hydrogen) atoms. The first-order valence-electron chi connectivity index (χ1n) is 18.4. The summed E-state index contributed by atoms with van der Waals surface area (Å²) in [7, 11) is 0. The van der Waals surface area contributed by atoms with Crippen molar-refractivity contribution < 1.29 is 62.3 Å². The molecule has 0 saturated carbocycles. The lowest BCUT2D eigenvalue weighted by Gasteiger charge is -2.52. The minimum absolute atomic E-state index is 0.0161. The van der Waals surface area contributed by atoms with Crippen LogP contribution in [0.5, 0.6) is 23.0 Å². The smallest absolute Gasteiger partial charge is 0.364 e. The van der Waals surface area contributed by atoms with Gasteiger partial charge in [0.2, 0.25) is 0 Å². The van der Waals surface area contributed by atoms with Gasteiger partial charge in [0.05, 0.1) is 16.1 Å². The van der Waals surface area contributed by atoms with Gasteiger partial charge in [0.25, 0.3) is 11.8 Å². The standard InChI is InChI=1S/C44H28ClNO13/c1-21(47)53-33-19-34-30(17-29(33)43-27-13-6-4-11-25(27)42(3,58-59-43)26-12-5-7-14-28(26)43)44(31-18-32(45)36(54-22(2)48)20-35(31)55-34)39-23(40(51)56-44)9-8-10-24(39)41(52)57-46-37(49)15-16-38(46)50/h4-14,17-20H,15-16H2,1-3H3. The molecule has 1 atom stereocenters. The van der Waals surface area contributed by atoms with E-state index in [1.165, 1.54) is 50.2 Å². The SMILES string of the molecule is CC(=O)Oc1cc2c(cc1Cl)C1(OC(=O)c3cccc(C(=O)ON4C(=O)CCC4=O)c31)c1cc(C34OOC(C)(c5ccccc53)c3ccccc34)c(OC(C)=O)cc1O2. The average Bonchev–Trinajstić information content (AvgIpc) is 3.69. The maximum atomic E-state index is 14.2. The van der Waals surface area contributed by atoms with Crippen LogP contribution < -0.4 is 14.2 Å². The summed E-state index contributed by atoms with van der Waals surface area (Å²) in [5, 5.41) is 0.312. The van der Waals surface area contributed by atoms with Gasteiger partial charge in [-0.25, -0.2) is 19.4 Å². The molecule has 5 aliphatic heterocycles. The Hall–Kier alpha value is -6.87. The fourth-order valence-corrected chi connectivity index (χ4v) is 9.08. The number of carbonyl (C=O) groups excluding carboxylic acids is 6. The highest BCUT2D eigenvalue weighted by atomic mass is 35.5. The van der Waals surface area contributed by atoms with Crippen LogP contribution in [-0.4, -0.2) is 40.8 Å². The highest BCUT2D eigenvalue weighted by Gasteiger charge is 2.61. The summed E-state index contributed by atoms with van der Waals surface area (Å²) in [6, 6.07) is 25.0. The second-order valence-corrected chi connectivity index (χ2v) is 15.1. The molecule has 294 valence electrons. The van der Waals surface area contributed by atoms with Crippen molar-refractivity contribution in [1.82, 2.24) is 5.06 Å². The van der Waals surface area contributed by atoms with Crippen molar-refractivity contribution in [1.29, 1.82) is 0 Å². The second kappa shape index (κ2) is 12.6. The van der Waals surface area contributed by atoms with Crippen molar-refractivity contribution in [2.75, 3.05) is 0 Å². The van der Waals surface area contributed by atoms with Crippen molar-refractivity contribution in [3.63, 3.8) is 0 Å². The van der Waals surface area contributed by atoms with Crippen molar-refractivity contribution in [2.45, 2.75) is 50.4 Å². The predicted octanol–water partition coefficient (Wildman–Crippen LogP) is 6.81. The van der Waals surface area contributed by atoms with E-state index in [0.717, 1.165) is 11.1 Å². The lowest BCUT2D eigenvalue weighted by molar-refractivity contribution is -0.415. The third-order valence-electron chi connectivity index (χ3n) is 11.2. The van der Waals surface area contributed by atoms with Gasteiger partial charge < -0.3 is 23.8 Å². The Kier molecular flexibility index (Phi) is 7.77. The maximum absolute atomic E-state index is 14.2. The molecule has 5 aromatic rings. The Balaban J connectivity index is 1.29. The van der Waals surface area contributed by atoms with Gasteiger partial charge in [-0.3, -0.25) is 19.2 Å². The van der Waals surface area contributed by atoms with Crippen molar-refractivity contribution >= 4 is 47.3 Å². The number of hydrogen-bond donors (Lipinski definition) is 0. The average molecular weight is 814 g/mol. The molecular formula is C44H28ClNO13. The predicted molar refractivity (Wildman–Crippen MR) is 200 cm³/mol. The monoisotopic (exact) mass is 813 g/mol. The molecular weight excluding hydrogens is 786 g/mol. The van der Waals surface area contributed by atoms with Crippen LogP contribution in [0.25, 0.3) is 0 Å². The molecule has 1 fully saturated rings. The molecule has 1 unspecified atom stereocenters. The quantitative estimate of drug-likeness (QED) is 0.0786. The number of hydroxylamine groups is 2. The van der Waals surface area contributed by atoms with E-state index in [9.17, 15) is 28.8 Å². The summed E-state index contributed by atoms with van der Waals surface area (Å²) in [6.45, 7) is 4.30. The summed E-state index contributed by atoms with van der Waals surface area (Å²) in [4.78, 5) is 96.8. The number of carbonyl (C=O) groups is 6. The van der Waals surface area contributed by atoms with E-state index in [2.05, 4.69) is 0 Å². The van der Waals surface area contributed by atoms with Gasteiger partial charge in [0.15, 0.2) is 22.6 Å². The molecule has 6 aliphatic rings. The van der Waals surface area contributed by atoms with Gasteiger partial charge in [0.1, 0.15) is 17.2 Å². The molecule has 1 spiro atoms. The number of amides is 2. The van der Waals surface area contributed by atoms with E-state index < -0.39 is 52.5 Å². The topological polar surface area (TPSA) is 170 Å². The number of halogens is 1. The zero-order chi connectivity index (χ0) is 41.2. The summed E-state index contributed by atoms with van der Waals surface area (Å²) < 4.78 is 24.3. The van der Waals surface area contributed by atoms with Crippen molar-refractivity contribution in [3.8, 4) is 23.0 Å². The molecule has 5 aromatic carbocycles. The van der Waals surface area contributed by atoms with E-state index in [-0.39, 0.29) is 74.2 Å². The lowest BCUT2D eigenvalue weighted by atomic mass is 9.64. The fourth-order valence-electron chi connectivity index (χ4n) is 8.88. The Morgan fingerprint density at radius 2 is 1.24 bits per heavy atom. The van der Waals surface area contributed by atoms with Crippen LogP contribution in [0.3, 0.4) is 0 Å². The van der Waals surface area contributed by atoms with Gasteiger partial charge in [-0.2, -0.15) is 0 Å². The van der Waals surface area contributed by atoms with E-state index >= 15 is 0 Å². The molecule has 1 aliphatic carbocycles. The minimum Gasteiger partial charge on any atom is -0.456 e. The summed E-state index contributed by atoms with van der Waals surface area (Å²) in [5.74, 6) is -4.98. The zero-order valence-electron chi connectivity index (χ0n) is 31.2. The Labute approximate surface area is 338 Å². The van der Waals surface area contributed by atoms with E-state index in [1.54, 1.807) is 6.07 Å². The molecule has 14 nitrogen and oxygen atoms in total. The Morgan fingerprint density at radius 3 is 1.86 bits per heavy atom. The van der Waals surface area contributed by atoms with Crippen LogP contribution in [0.1, 0.15) is 98.8 Å². The Bertz CT molecular complexity index is 2750. The molecule has 11 rings (SSSR count). The fraction of sp³-hybridized carbons (Fsp3) is 0.182. The van der Waals surface area contributed by atoms with Crippen molar-refractivity contribution in [3.05, 3.63) is 152 Å². The number of imide groups is 1. The third-order valence-corrected chi connectivity index (χ3v) is 11.5. The molecule has 1 saturated heterocycles. The number of esters is 3. The minimum atomic E-state index is -2.11. The number of benzene rings is 5. The largest absolute Gasteiger partial charge is 0.456 e. The maximum Gasteiger partial charge on any atom is 0.364 e. The zero-order valence-corrected chi connectivity index (χ0v) is 32.0. The van der Waals surface area contributed by atoms with E-state index in [1.807, 2.05) is 55.5 Å². The van der Waals surface area contributed by atoms with Crippen LogP contribution >= 0.6 is 11.6 Å². The normalized spacial score (nSPS) is 22.7. The first-order valence-corrected chi connectivity index (χ1v) is 18.7. The van der Waals surface area contributed by atoms with Gasteiger partial charge in [0, 0.05) is 72.2 Å². The van der Waals surface area contributed by atoms with Gasteiger partial charge >= 0.3 is 23.9 Å². The van der Waals surface area contributed by atoms with Crippen LogP contribution in [0, 0.1) is 0 Å². The van der Waals surface area contributed by atoms with Crippen LogP contribution in [0.15, 0.2) is 91.0 Å². The highest BCUT2D eigenvalue weighted by molar-refractivity contribution is 6.32. The number of ether oxygens (including phenoxy) is 4. The third kappa shape index (κ3) is 4.94. The summed E-state index contributed by atoms with van der Waals surface area (Å²) >= 11 is 6.78. The van der Waals surface area contributed by atoms with Gasteiger partial charge in [-0.15, -0.1) is 5.06 Å². The Morgan fingerprint density at radius 1 is 0.661 bits per heavy atom. The number of hydrogen-bond acceptors (Lipinski definition) is 13. The molecule has 2 amide bonds. The lowest BCUT2D eigenvalue weighted by Crippen LogP contribution is -2.52. The van der Waals surface area contributed by atoms with Crippen molar-refractivity contribution in [2.24, 2.45) is 0 Å². The summed E-state index contributed by atoms with van der Waals surface area (Å²) in [6.07, 6.45) is -0.309. The molecule has 15 heteroatoms. The molecule has 0 N–H and O–H groups in total. The molecule has 0 radical (unpaired) electrons. The molecule has 0 aromatic heterocycles. The first kappa shape index (κ1) is 36.5. The van der Waals surface area contributed by atoms with E-state index in [0.29, 0.717) is 16.2 Å². The number of rotatable bonds is 5. The second-order valence-electron chi connectivity index (χ2n) is 14.6. The number of fused-ring (bicyclic) bond motifs is 7. The number of nitrogens with zero attached hydrogens (tertiary/aromatic N) is 1. The first-order chi connectivity index (χ1) is 28.3. The van der Waals surface area contributed by atoms with Crippen LogP contribution in [-0.2, 0) is 55.3 Å². The summed E-state index contributed by atoms with van der Waals surface area (Å²) in [5.41, 5.74) is -1.83. The molecule has 2 bridgehead atoms.